The van der Waals surface area contributed by atoms with Crippen LogP contribution in [0.15, 0.2) is 5.38 Å². The van der Waals surface area contributed by atoms with Crippen molar-refractivity contribution in [3.8, 4) is 0 Å². The van der Waals surface area contributed by atoms with E-state index >= 15 is 0 Å². The van der Waals surface area contributed by atoms with Gasteiger partial charge in [-0.25, -0.2) is 9.78 Å². The molecule has 0 bridgehead atoms. The summed E-state index contributed by atoms with van der Waals surface area (Å²) >= 11 is 1.36. The summed E-state index contributed by atoms with van der Waals surface area (Å²) in [5, 5.41) is 2.41. The zero-order valence-corrected chi connectivity index (χ0v) is 11.8. The number of hydrogen-bond donors (Lipinski definition) is 1. The number of carbonyl (C=O) groups excluding carboxylic acids is 2. The molecule has 0 aromatic carbocycles. The van der Waals surface area contributed by atoms with Crippen LogP contribution in [0.3, 0.4) is 0 Å². The number of nitrogens with zero attached hydrogens (tertiary/aromatic N) is 2. The van der Waals surface area contributed by atoms with Gasteiger partial charge in [0.25, 0.3) is 5.91 Å². The number of esters is 1. The summed E-state index contributed by atoms with van der Waals surface area (Å²) in [5.41, 5.74) is 6.08. The van der Waals surface area contributed by atoms with Crippen LogP contribution in [0, 0.1) is 0 Å². The van der Waals surface area contributed by atoms with Crippen LogP contribution in [0.25, 0.3) is 0 Å². The number of methoxy groups -OCH3 is 1. The van der Waals surface area contributed by atoms with Crippen molar-refractivity contribution in [2.45, 2.75) is 31.8 Å². The van der Waals surface area contributed by atoms with E-state index in [1.807, 2.05) is 6.92 Å². The average Bonchev–Trinajstić information content (AvgIpc) is 3.05. The molecule has 1 fully saturated rings. The van der Waals surface area contributed by atoms with Crippen LogP contribution in [0.1, 0.15) is 41.3 Å². The average molecular weight is 283 g/mol. The fourth-order valence-electron chi connectivity index (χ4n) is 2.13. The van der Waals surface area contributed by atoms with Crippen LogP contribution in [0.4, 0.5) is 0 Å². The van der Waals surface area contributed by atoms with E-state index < -0.39 is 6.04 Å². The summed E-state index contributed by atoms with van der Waals surface area (Å²) in [6, 6.07) is -0.681. The number of thiazole rings is 1. The second-order valence-electron chi connectivity index (χ2n) is 4.54. The van der Waals surface area contributed by atoms with Gasteiger partial charge in [-0.05, 0) is 19.8 Å². The Balaban J connectivity index is 2.16. The molecule has 1 aromatic heterocycles. The Bertz CT molecular complexity index is 486. The van der Waals surface area contributed by atoms with E-state index in [4.69, 9.17) is 10.5 Å². The minimum Gasteiger partial charge on any atom is -0.467 e. The molecule has 7 heteroatoms. The molecule has 1 aliphatic rings. The van der Waals surface area contributed by atoms with Crippen molar-refractivity contribution in [2.24, 2.45) is 5.73 Å². The van der Waals surface area contributed by atoms with Gasteiger partial charge in [-0.1, -0.05) is 0 Å². The number of rotatable bonds is 3. The maximum atomic E-state index is 12.3. The second-order valence-corrected chi connectivity index (χ2v) is 5.43. The Morgan fingerprint density at radius 3 is 2.95 bits per heavy atom. The Labute approximate surface area is 115 Å². The summed E-state index contributed by atoms with van der Waals surface area (Å²) in [5.74, 6) is -0.593. The van der Waals surface area contributed by atoms with E-state index in [-0.39, 0.29) is 17.9 Å². The van der Waals surface area contributed by atoms with Gasteiger partial charge in [-0.3, -0.25) is 4.79 Å². The van der Waals surface area contributed by atoms with Crippen LogP contribution in [-0.2, 0) is 9.53 Å². The van der Waals surface area contributed by atoms with Gasteiger partial charge in [-0.15, -0.1) is 11.3 Å². The Morgan fingerprint density at radius 2 is 2.37 bits per heavy atom. The number of ether oxygens (including phenoxy) is 1. The van der Waals surface area contributed by atoms with E-state index in [0.717, 1.165) is 11.4 Å². The molecule has 2 heterocycles. The largest absolute Gasteiger partial charge is 0.467 e. The minimum absolute atomic E-state index is 0.193. The van der Waals surface area contributed by atoms with Crippen LogP contribution < -0.4 is 5.73 Å². The predicted molar refractivity (Wildman–Crippen MR) is 70.8 cm³/mol. The van der Waals surface area contributed by atoms with Crippen LogP contribution >= 0.6 is 11.3 Å². The smallest absolute Gasteiger partial charge is 0.328 e. The maximum Gasteiger partial charge on any atom is 0.328 e. The molecule has 0 saturated carbocycles. The molecule has 19 heavy (non-hydrogen) atoms. The van der Waals surface area contributed by atoms with E-state index in [9.17, 15) is 9.59 Å². The molecule has 1 aliphatic heterocycles. The van der Waals surface area contributed by atoms with Gasteiger partial charge in [0.15, 0.2) is 0 Å². The molecule has 2 unspecified atom stereocenters. The SMILES string of the molecule is COC(=O)C1CCCN1C(=O)c1csc(C(C)N)n1. The number of carbonyl (C=O) groups is 2. The fourth-order valence-corrected chi connectivity index (χ4v) is 2.88. The molecule has 1 saturated heterocycles. The molecule has 0 aliphatic carbocycles. The van der Waals surface area contributed by atoms with Gasteiger partial charge in [0, 0.05) is 11.9 Å². The maximum absolute atomic E-state index is 12.3. The van der Waals surface area contributed by atoms with Crippen molar-refractivity contribution in [3.05, 3.63) is 16.1 Å². The Kier molecular flexibility index (Phi) is 4.16. The van der Waals surface area contributed by atoms with Crippen molar-refractivity contribution >= 4 is 23.2 Å². The normalized spacial score (nSPS) is 20.4. The van der Waals surface area contributed by atoms with Crippen molar-refractivity contribution < 1.29 is 14.3 Å². The van der Waals surface area contributed by atoms with Crippen LogP contribution in [0.2, 0.25) is 0 Å². The quantitative estimate of drug-likeness (QED) is 0.834. The third-order valence-electron chi connectivity index (χ3n) is 3.12. The van der Waals surface area contributed by atoms with Crippen molar-refractivity contribution in [2.75, 3.05) is 13.7 Å². The highest BCUT2D eigenvalue weighted by Gasteiger charge is 2.36. The summed E-state index contributed by atoms with van der Waals surface area (Å²) in [4.78, 5) is 29.7. The summed E-state index contributed by atoms with van der Waals surface area (Å²) in [6.45, 7) is 2.38. The molecule has 2 rings (SSSR count). The summed E-state index contributed by atoms with van der Waals surface area (Å²) in [6.07, 6.45) is 1.44. The number of aromatic nitrogens is 1. The zero-order valence-electron chi connectivity index (χ0n) is 11.0. The van der Waals surface area contributed by atoms with Crippen molar-refractivity contribution in [3.63, 3.8) is 0 Å². The third kappa shape index (κ3) is 2.76. The first-order valence-electron chi connectivity index (χ1n) is 6.14. The molecule has 1 aromatic rings. The summed E-state index contributed by atoms with van der Waals surface area (Å²) < 4.78 is 4.72. The topological polar surface area (TPSA) is 85.5 Å². The van der Waals surface area contributed by atoms with Crippen molar-refractivity contribution in [1.29, 1.82) is 0 Å². The van der Waals surface area contributed by atoms with E-state index in [2.05, 4.69) is 4.98 Å². The third-order valence-corrected chi connectivity index (χ3v) is 4.16. The van der Waals surface area contributed by atoms with Gasteiger partial charge in [-0.2, -0.15) is 0 Å². The molecule has 2 N–H and O–H groups in total. The molecular weight excluding hydrogens is 266 g/mol. The standard InChI is InChI=1S/C12H17N3O3S/c1-7(13)10-14-8(6-19-10)11(16)15-5-3-4-9(15)12(17)18-2/h6-7,9H,3-5,13H2,1-2H3. The fraction of sp³-hybridized carbons (Fsp3) is 0.583. The first kappa shape index (κ1) is 14.0. The minimum atomic E-state index is -0.488. The lowest BCUT2D eigenvalue weighted by Gasteiger charge is -2.21. The van der Waals surface area contributed by atoms with Gasteiger partial charge >= 0.3 is 5.97 Å². The molecule has 0 spiro atoms. The Hall–Kier alpha value is -1.47. The van der Waals surface area contributed by atoms with Crippen LogP contribution in [-0.4, -0.2) is 41.5 Å². The molecule has 6 nitrogen and oxygen atoms in total. The number of hydrogen-bond acceptors (Lipinski definition) is 6. The highest BCUT2D eigenvalue weighted by Crippen LogP contribution is 2.23. The lowest BCUT2D eigenvalue weighted by molar-refractivity contribution is -0.145. The lowest BCUT2D eigenvalue weighted by atomic mass is 10.2. The first-order valence-corrected chi connectivity index (χ1v) is 7.02. The molecule has 1 amide bonds. The highest BCUT2D eigenvalue weighted by atomic mass is 32.1. The molecule has 104 valence electrons. The van der Waals surface area contributed by atoms with Crippen molar-refractivity contribution in [1.82, 2.24) is 9.88 Å². The first-order chi connectivity index (χ1) is 9.04. The zero-order chi connectivity index (χ0) is 14.0. The van der Waals surface area contributed by atoms with Gasteiger partial charge in [0.2, 0.25) is 0 Å². The predicted octanol–water partition coefficient (Wildman–Crippen LogP) is 0.940. The second kappa shape index (κ2) is 5.66. The molecule has 0 radical (unpaired) electrons. The highest BCUT2D eigenvalue weighted by molar-refractivity contribution is 7.09. The van der Waals surface area contributed by atoms with Crippen LogP contribution in [0.5, 0.6) is 0 Å². The lowest BCUT2D eigenvalue weighted by Crippen LogP contribution is -2.41. The van der Waals surface area contributed by atoms with Gasteiger partial charge < -0.3 is 15.4 Å². The number of nitrogens with two attached hydrogens (primary N) is 1. The molecule has 2 atom stereocenters. The monoisotopic (exact) mass is 283 g/mol. The van der Waals surface area contributed by atoms with E-state index in [1.165, 1.54) is 23.3 Å². The number of likely N-dealkylation sites (tertiary alicyclic amines) is 1. The Morgan fingerprint density at radius 1 is 1.63 bits per heavy atom. The molecular formula is C12H17N3O3S. The van der Waals surface area contributed by atoms with Gasteiger partial charge in [0.1, 0.15) is 16.7 Å². The summed E-state index contributed by atoms with van der Waals surface area (Å²) in [7, 11) is 1.33. The van der Waals surface area contributed by atoms with E-state index in [0.29, 0.717) is 18.7 Å². The number of amides is 1. The van der Waals surface area contributed by atoms with Gasteiger partial charge in [0.05, 0.1) is 13.2 Å². The van der Waals surface area contributed by atoms with E-state index in [1.54, 1.807) is 5.38 Å².